The van der Waals surface area contributed by atoms with Crippen LogP contribution in [0.15, 0.2) is 59.2 Å². The van der Waals surface area contributed by atoms with E-state index in [1.807, 2.05) is 42.5 Å². The SMILES string of the molecule is Br.CCCCN1CC=C(c2c[nH]c3ccc(C(=O)c4cccc(Br)c4)cc23)CC1. The van der Waals surface area contributed by atoms with Crippen molar-refractivity contribution in [2.75, 3.05) is 19.6 Å². The molecule has 2 aromatic carbocycles. The number of nitrogens with zero attached hydrogens (tertiary/aromatic N) is 1. The third-order valence-electron chi connectivity index (χ3n) is 5.50. The summed E-state index contributed by atoms with van der Waals surface area (Å²) in [6, 6.07) is 13.5. The molecular weight excluding hydrogens is 492 g/mol. The van der Waals surface area contributed by atoms with E-state index >= 15 is 0 Å². The molecule has 0 atom stereocenters. The summed E-state index contributed by atoms with van der Waals surface area (Å²) in [5.41, 5.74) is 5.12. The number of H-pyrrole nitrogens is 1. The maximum absolute atomic E-state index is 12.9. The lowest BCUT2D eigenvalue weighted by atomic mass is 9.96. The van der Waals surface area contributed by atoms with Gasteiger partial charge in [0.05, 0.1) is 0 Å². The van der Waals surface area contributed by atoms with Gasteiger partial charge in [0, 0.05) is 51.4 Å². The van der Waals surface area contributed by atoms with E-state index in [2.05, 4.69) is 45.0 Å². The largest absolute Gasteiger partial charge is 0.361 e. The smallest absolute Gasteiger partial charge is 0.193 e. The molecule has 0 saturated carbocycles. The molecule has 0 unspecified atom stereocenters. The van der Waals surface area contributed by atoms with Gasteiger partial charge in [-0.2, -0.15) is 0 Å². The van der Waals surface area contributed by atoms with Gasteiger partial charge in [-0.15, -0.1) is 17.0 Å². The van der Waals surface area contributed by atoms with E-state index in [9.17, 15) is 4.79 Å². The summed E-state index contributed by atoms with van der Waals surface area (Å²) in [6.07, 6.45) is 8.00. The first-order valence-corrected chi connectivity index (χ1v) is 10.8. The predicted octanol–water partition coefficient (Wildman–Crippen LogP) is 6.63. The number of rotatable bonds is 6. The number of benzene rings is 2. The minimum absolute atomic E-state index is 0. The second-order valence-corrected chi connectivity index (χ2v) is 8.35. The van der Waals surface area contributed by atoms with Crippen LogP contribution < -0.4 is 0 Å². The standard InChI is InChI=1S/C24H25BrN2O.BrH/c1-2-3-11-27-12-9-17(10-13-27)22-16-26-23-8-7-19(15-21(22)23)24(28)18-5-4-6-20(25)14-18;/h4-9,14-16,26H,2-3,10-13H2,1H3;1H. The summed E-state index contributed by atoms with van der Waals surface area (Å²) in [7, 11) is 0. The number of nitrogens with one attached hydrogen (secondary N) is 1. The first-order valence-electron chi connectivity index (χ1n) is 9.99. The average molecular weight is 518 g/mol. The highest BCUT2D eigenvalue weighted by molar-refractivity contribution is 9.10. The highest BCUT2D eigenvalue weighted by Gasteiger charge is 2.17. The van der Waals surface area contributed by atoms with Crippen LogP contribution in [-0.2, 0) is 0 Å². The summed E-state index contributed by atoms with van der Waals surface area (Å²) in [6.45, 7) is 5.54. The van der Waals surface area contributed by atoms with Gasteiger partial charge >= 0.3 is 0 Å². The van der Waals surface area contributed by atoms with Crippen LogP contribution in [0.5, 0.6) is 0 Å². The van der Waals surface area contributed by atoms with E-state index in [0.717, 1.165) is 40.4 Å². The normalized spacial score (nSPS) is 14.5. The van der Waals surface area contributed by atoms with Crippen molar-refractivity contribution in [1.82, 2.24) is 9.88 Å². The molecule has 29 heavy (non-hydrogen) atoms. The number of halogens is 2. The van der Waals surface area contributed by atoms with Crippen LogP contribution >= 0.6 is 32.9 Å². The molecule has 5 heteroatoms. The van der Waals surface area contributed by atoms with Crippen molar-refractivity contribution >= 4 is 55.2 Å². The van der Waals surface area contributed by atoms with Crippen molar-refractivity contribution in [3.63, 3.8) is 0 Å². The zero-order valence-electron chi connectivity index (χ0n) is 16.6. The van der Waals surface area contributed by atoms with Crippen molar-refractivity contribution in [3.05, 3.63) is 75.9 Å². The molecule has 1 N–H and O–H groups in total. The number of hydrogen-bond acceptors (Lipinski definition) is 2. The average Bonchev–Trinajstić information content (AvgIpc) is 3.15. The number of carbonyl (C=O) groups excluding carboxylic acids is 1. The minimum Gasteiger partial charge on any atom is -0.361 e. The van der Waals surface area contributed by atoms with E-state index in [0.29, 0.717) is 5.56 Å². The number of hydrogen-bond donors (Lipinski definition) is 1. The van der Waals surface area contributed by atoms with Gasteiger partial charge in [-0.25, -0.2) is 0 Å². The Balaban J connectivity index is 0.00000240. The third-order valence-corrected chi connectivity index (χ3v) is 5.99. The molecule has 0 aliphatic carbocycles. The second kappa shape index (κ2) is 9.88. The van der Waals surface area contributed by atoms with Crippen molar-refractivity contribution in [2.45, 2.75) is 26.2 Å². The summed E-state index contributed by atoms with van der Waals surface area (Å²) >= 11 is 3.45. The van der Waals surface area contributed by atoms with Crippen LogP contribution in [0.3, 0.4) is 0 Å². The summed E-state index contributed by atoms with van der Waals surface area (Å²) < 4.78 is 0.918. The van der Waals surface area contributed by atoms with Crippen molar-refractivity contribution in [1.29, 1.82) is 0 Å². The lowest BCUT2D eigenvalue weighted by molar-refractivity contribution is 0.103. The third kappa shape index (κ3) is 4.90. The number of aromatic nitrogens is 1. The molecule has 152 valence electrons. The lowest BCUT2D eigenvalue weighted by Gasteiger charge is -2.26. The Morgan fingerprint density at radius 2 is 2.00 bits per heavy atom. The van der Waals surface area contributed by atoms with Crippen LogP contribution in [0.2, 0.25) is 0 Å². The van der Waals surface area contributed by atoms with Crippen LogP contribution in [0.4, 0.5) is 0 Å². The van der Waals surface area contributed by atoms with Gasteiger partial charge in [0.2, 0.25) is 0 Å². The summed E-state index contributed by atoms with van der Waals surface area (Å²) in [5, 5.41) is 1.13. The topological polar surface area (TPSA) is 36.1 Å². The Morgan fingerprint density at radius 3 is 2.72 bits per heavy atom. The lowest BCUT2D eigenvalue weighted by Crippen LogP contribution is -2.29. The molecular formula is C24H26Br2N2O. The molecule has 2 heterocycles. The Bertz CT molecular complexity index is 1040. The monoisotopic (exact) mass is 516 g/mol. The van der Waals surface area contributed by atoms with E-state index in [4.69, 9.17) is 0 Å². The zero-order chi connectivity index (χ0) is 19.5. The van der Waals surface area contributed by atoms with Crippen LogP contribution in [0, 0.1) is 0 Å². The highest BCUT2D eigenvalue weighted by atomic mass is 79.9. The highest BCUT2D eigenvalue weighted by Crippen LogP contribution is 2.30. The molecule has 0 amide bonds. The van der Waals surface area contributed by atoms with E-state index < -0.39 is 0 Å². The van der Waals surface area contributed by atoms with Crippen molar-refractivity contribution in [3.8, 4) is 0 Å². The Kier molecular flexibility index (Phi) is 7.49. The first-order chi connectivity index (χ1) is 13.7. The Morgan fingerprint density at radius 1 is 1.17 bits per heavy atom. The van der Waals surface area contributed by atoms with Crippen LogP contribution in [0.25, 0.3) is 16.5 Å². The van der Waals surface area contributed by atoms with Gasteiger partial charge in [-0.3, -0.25) is 9.69 Å². The maximum atomic E-state index is 12.9. The Labute approximate surface area is 191 Å². The molecule has 0 spiro atoms. The van der Waals surface area contributed by atoms with Crippen LogP contribution in [-0.4, -0.2) is 35.3 Å². The van der Waals surface area contributed by atoms with Gasteiger partial charge in [-0.05, 0) is 55.3 Å². The van der Waals surface area contributed by atoms with E-state index in [1.54, 1.807) is 0 Å². The summed E-state index contributed by atoms with van der Waals surface area (Å²) in [5.74, 6) is 0.0544. The molecule has 0 fully saturated rings. The van der Waals surface area contributed by atoms with Gasteiger partial charge in [-0.1, -0.05) is 47.5 Å². The number of carbonyl (C=O) groups is 1. The minimum atomic E-state index is 0. The Hall–Kier alpha value is -1.69. The van der Waals surface area contributed by atoms with Gasteiger partial charge in [0.1, 0.15) is 0 Å². The van der Waals surface area contributed by atoms with Gasteiger partial charge in [0.25, 0.3) is 0 Å². The fraction of sp³-hybridized carbons (Fsp3) is 0.292. The molecule has 0 saturated heterocycles. The van der Waals surface area contributed by atoms with Crippen molar-refractivity contribution in [2.24, 2.45) is 0 Å². The molecule has 0 radical (unpaired) electrons. The van der Waals surface area contributed by atoms with Crippen molar-refractivity contribution < 1.29 is 4.79 Å². The molecule has 0 bridgehead atoms. The molecule has 3 nitrogen and oxygen atoms in total. The van der Waals surface area contributed by atoms with E-state index in [-0.39, 0.29) is 22.8 Å². The number of unbranched alkanes of at least 4 members (excludes halogenated alkanes) is 1. The van der Waals surface area contributed by atoms with E-state index in [1.165, 1.54) is 30.5 Å². The molecule has 4 rings (SSSR count). The first kappa shape index (κ1) is 22.0. The number of aromatic amines is 1. The van der Waals surface area contributed by atoms with Gasteiger partial charge in [0.15, 0.2) is 5.78 Å². The zero-order valence-corrected chi connectivity index (χ0v) is 19.9. The second-order valence-electron chi connectivity index (χ2n) is 7.44. The van der Waals surface area contributed by atoms with Crippen LogP contribution in [0.1, 0.15) is 47.7 Å². The number of fused-ring (bicyclic) bond motifs is 1. The molecule has 1 aliphatic rings. The molecule has 1 aromatic heterocycles. The maximum Gasteiger partial charge on any atom is 0.193 e. The quantitative estimate of drug-likeness (QED) is 0.372. The molecule has 3 aromatic rings. The predicted molar refractivity (Wildman–Crippen MR) is 130 cm³/mol. The summed E-state index contributed by atoms with van der Waals surface area (Å²) in [4.78, 5) is 18.8. The molecule has 1 aliphatic heterocycles. The fourth-order valence-corrected chi connectivity index (χ4v) is 4.26. The number of ketones is 1. The fourth-order valence-electron chi connectivity index (χ4n) is 3.86. The van der Waals surface area contributed by atoms with Gasteiger partial charge < -0.3 is 4.98 Å².